The Kier molecular flexibility index (Phi) is 7.73. The standard InChI is InChI=1S/C26H34N8O3/c1-18(36)21-15-19-16-28-26(31-24(19)25(29-21)33-8-3-2-4-9-33)30-22-6-5-20(17-27-22)34-12-11-32(13-14-35)10-7-23(34)37/h5-6,15-18,35-36H,2-4,7-14H2,1H3,(H,27,28,30,31). The minimum Gasteiger partial charge on any atom is -0.395 e. The molecule has 0 bridgehead atoms. The van der Waals surface area contributed by atoms with Gasteiger partial charge in [0, 0.05) is 57.3 Å². The van der Waals surface area contributed by atoms with Crippen molar-refractivity contribution in [2.75, 3.05) is 61.0 Å². The van der Waals surface area contributed by atoms with E-state index in [1.807, 2.05) is 18.2 Å². The van der Waals surface area contributed by atoms with E-state index in [2.05, 4.69) is 25.1 Å². The summed E-state index contributed by atoms with van der Waals surface area (Å²) in [7, 11) is 0. The van der Waals surface area contributed by atoms with Gasteiger partial charge in [-0.15, -0.1) is 0 Å². The highest BCUT2D eigenvalue weighted by Gasteiger charge is 2.23. The van der Waals surface area contributed by atoms with E-state index in [-0.39, 0.29) is 12.5 Å². The van der Waals surface area contributed by atoms with E-state index in [9.17, 15) is 15.0 Å². The summed E-state index contributed by atoms with van der Waals surface area (Å²) in [6.07, 6.45) is 6.57. The summed E-state index contributed by atoms with van der Waals surface area (Å²) in [6, 6.07) is 5.52. The maximum Gasteiger partial charge on any atom is 0.229 e. The van der Waals surface area contributed by atoms with Crippen LogP contribution in [0.25, 0.3) is 10.9 Å². The summed E-state index contributed by atoms with van der Waals surface area (Å²) >= 11 is 0. The monoisotopic (exact) mass is 506 g/mol. The van der Waals surface area contributed by atoms with Crippen LogP contribution in [-0.4, -0.2) is 86.8 Å². The molecule has 1 unspecified atom stereocenters. The van der Waals surface area contributed by atoms with Gasteiger partial charge >= 0.3 is 0 Å². The largest absolute Gasteiger partial charge is 0.395 e. The van der Waals surface area contributed by atoms with Crippen molar-refractivity contribution in [2.45, 2.75) is 38.7 Å². The summed E-state index contributed by atoms with van der Waals surface area (Å²) < 4.78 is 0. The van der Waals surface area contributed by atoms with Crippen molar-refractivity contribution in [3.63, 3.8) is 0 Å². The van der Waals surface area contributed by atoms with Gasteiger partial charge in [0.25, 0.3) is 0 Å². The normalized spacial score (nSPS) is 18.2. The molecule has 196 valence electrons. The number of nitrogens with zero attached hydrogens (tertiary/aromatic N) is 7. The van der Waals surface area contributed by atoms with Crippen molar-refractivity contribution < 1.29 is 15.0 Å². The van der Waals surface area contributed by atoms with Crippen molar-refractivity contribution in [1.82, 2.24) is 24.8 Å². The molecule has 0 radical (unpaired) electrons. The molecule has 11 heteroatoms. The molecule has 2 fully saturated rings. The fourth-order valence-corrected chi connectivity index (χ4v) is 4.88. The molecule has 0 aliphatic carbocycles. The number of aliphatic hydroxyl groups is 2. The number of nitrogens with one attached hydrogen (secondary N) is 1. The molecule has 2 aliphatic rings. The Labute approximate surface area is 216 Å². The third kappa shape index (κ3) is 5.79. The molecule has 11 nitrogen and oxygen atoms in total. The number of pyridine rings is 2. The molecule has 3 N–H and O–H groups in total. The van der Waals surface area contributed by atoms with E-state index in [4.69, 9.17) is 9.97 Å². The van der Waals surface area contributed by atoms with Crippen molar-refractivity contribution in [3.8, 4) is 0 Å². The quantitative estimate of drug-likeness (QED) is 0.438. The van der Waals surface area contributed by atoms with Crippen LogP contribution in [0, 0.1) is 0 Å². The smallest absolute Gasteiger partial charge is 0.229 e. The van der Waals surface area contributed by atoms with E-state index >= 15 is 0 Å². The second-order valence-electron chi connectivity index (χ2n) is 9.61. The second kappa shape index (κ2) is 11.3. The fraction of sp³-hybridized carbons (Fsp3) is 0.500. The van der Waals surface area contributed by atoms with Crippen molar-refractivity contribution in [3.05, 3.63) is 36.3 Å². The molecule has 5 heterocycles. The van der Waals surface area contributed by atoms with Crippen LogP contribution in [0.4, 0.5) is 23.3 Å². The first kappa shape index (κ1) is 25.2. The summed E-state index contributed by atoms with van der Waals surface area (Å²) in [5, 5.41) is 23.4. The number of amides is 1. The van der Waals surface area contributed by atoms with Gasteiger partial charge in [-0.05, 0) is 44.4 Å². The van der Waals surface area contributed by atoms with Gasteiger partial charge in [0.05, 0.1) is 30.3 Å². The molecule has 3 aromatic heterocycles. The van der Waals surface area contributed by atoms with Gasteiger partial charge in [-0.3, -0.25) is 9.69 Å². The Morgan fingerprint density at radius 1 is 1.03 bits per heavy atom. The van der Waals surface area contributed by atoms with Crippen LogP contribution in [0.2, 0.25) is 0 Å². The van der Waals surface area contributed by atoms with Crippen molar-refractivity contribution in [2.24, 2.45) is 0 Å². The van der Waals surface area contributed by atoms with Crippen molar-refractivity contribution >= 4 is 40.1 Å². The van der Waals surface area contributed by atoms with Gasteiger partial charge in [-0.25, -0.2) is 19.9 Å². The summed E-state index contributed by atoms with van der Waals surface area (Å²) in [4.78, 5) is 37.2. The highest BCUT2D eigenvalue weighted by Crippen LogP contribution is 2.29. The van der Waals surface area contributed by atoms with E-state index in [0.29, 0.717) is 50.1 Å². The Bertz CT molecular complexity index is 1230. The number of carbonyl (C=O) groups is 1. The number of aliphatic hydroxyl groups excluding tert-OH is 2. The molecule has 0 saturated carbocycles. The van der Waals surface area contributed by atoms with Crippen LogP contribution in [0.3, 0.4) is 0 Å². The number of hydrogen-bond donors (Lipinski definition) is 3. The zero-order chi connectivity index (χ0) is 25.8. The first-order valence-electron chi connectivity index (χ1n) is 13.0. The Morgan fingerprint density at radius 3 is 2.59 bits per heavy atom. The van der Waals surface area contributed by atoms with Gasteiger partial charge in [0.1, 0.15) is 11.3 Å². The third-order valence-electron chi connectivity index (χ3n) is 6.95. The lowest BCUT2D eigenvalue weighted by atomic mass is 10.1. The van der Waals surface area contributed by atoms with Gasteiger partial charge in [0.15, 0.2) is 5.82 Å². The molecule has 1 amide bonds. The molecular weight excluding hydrogens is 472 g/mol. The zero-order valence-electron chi connectivity index (χ0n) is 21.2. The first-order chi connectivity index (χ1) is 18.0. The first-order valence-corrected chi connectivity index (χ1v) is 13.0. The maximum absolute atomic E-state index is 12.6. The lowest BCUT2D eigenvalue weighted by Crippen LogP contribution is -2.34. The number of anilines is 4. The van der Waals surface area contributed by atoms with Crippen LogP contribution in [0.5, 0.6) is 0 Å². The number of hydrogen-bond acceptors (Lipinski definition) is 10. The number of carbonyl (C=O) groups excluding carboxylic acids is 1. The highest BCUT2D eigenvalue weighted by atomic mass is 16.3. The predicted molar refractivity (Wildman–Crippen MR) is 142 cm³/mol. The van der Waals surface area contributed by atoms with Crippen LogP contribution >= 0.6 is 0 Å². The summed E-state index contributed by atoms with van der Waals surface area (Å²) in [6.45, 7) is 6.11. The number of β-amino-alcohol motifs (C(OH)–C–C–N with tert-alkyl or cyclic N) is 1. The van der Waals surface area contributed by atoms with Gasteiger partial charge in [-0.1, -0.05) is 0 Å². The van der Waals surface area contributed by atoms with Crippen molar-refractivity contribution in [1.29, 1.82) is 0 Å². The maximum atomic E-state index is 12.6. The van der Waals surface area contributed by atoms with Crippen LogP contribution in [0.1, 0.15) is 44.4 Å². The van der Waals surface area contributed by atoms with E-state index in [0.717, 1.165) is 48.3 Å². The van der Waals surface area contributed by atoms with Gasteiger partial charge < -0.3 is 25.3 Å². The van der Waals surface area contributed by atoms with E-state index in [1.54, 1.807) is 24.2 Å². The SMILES string of the molecule is CC(O)c1cc2cnc(Nc3ccc(N4CCN(CCO)CCC4=O)cn3)nc2c(N2CCCCC2)n1. The zero-order valence-corrected chi connectivity index (χ0v) is 21.2. The Morgan fingerprint density at radius 2 is 1.86 bits per heavy atom. The second-order valence-corrected chi connectivity index (χ2v) is 9.61. The van der Waals surface area contributed by atoms with Crippen LogP contribution < -0.4 is 15.1 Å². The van der Waals surface area contributed by atoms with E-state index < -0.39 is 6.10 Å². The molecule has 2 saturated heterocycles. The molecule has 0 aromatic carbocycles. The minimum atomic E-state index is -0.678. The topological polar surface area (TPSA) is 131 Å². The molecule has 2 aliphatic heterocycles. The molecule has 3 aromatic rings. The summed E-state index contributed by atoms with van der Waals surface area (Å²) in [5.41, 5.74) is 2.09. The highest BCUT2D eigenvalue weighted by molar-refractivity contribution is 5.93. The fourth-order valence-electron chi connectivity index (χ4n) is 4.88. The number of piperidine rings is 1. The average molecular weight is 507 g/mol. The third-order valence-corrected chi connectivity index (χ3v) is 6.95. The van der Waals surface area contributed by atoms with Crippen LogP contribution in [-0.2, 0) is 4.79 Å². The lowest BCUT2D eigenvalue weighted by molar-refractivity contribution is -0.118. The molecule has 0 spiro atoms. The van der Waals surface area contributed by atoms with Gasteiger partial charge in [0.2, 0.25) is 11.9 Å². The molecular formula is C26H34N8O3. The van der Waals surface area contributed by atoms with Gasteiger partial charge in [-0.2, -0.15) is 0 Å². The Balaban J connectivity index is 1.36. The predicted octanol–water partition coefficient (Wildman–Crippen LogP) is 2.24. The minimum absolute atomic E-state index is 0.0510. The summed E-state index contributed by atoms with van der Waals surface area (Å²) in [5.74, 6) is 1.80. The molecule has 5 rings (SSSR count). The number of fused-ring (bicyclic) bond motifs is 1. The lowest BCUT2D eigenvalue weighted by Gasteiger charge is -2.29. The Hall–Kier alpha value is -3.41. The molecule has 37 heavy (non-hydrogen) atoms. The average Bonchev–Trinajstić information content (AvgIpc) is 3.10. The molecule has 1 atom stereocenters. The number of rotatable bonds is 7. The number of aromatic nitrogens is 4. The van der Waals surface area contributed by atoms with Crippen LogP contribution in [0.15, 0.2) is 30.6 Å². The van der Waals surface area contributed by atoms with E-state index in [1.165, 1.54) is 6.42 Å².